The Morgan fingerprint density at radius 1 is 1.41 bits per heavy atom. The number of hydrogen-bond acceptors (Lipinski definition) is 3. The van der Waals surface area contributed by atoms with E-state index in [1.165, 1.54) is 18.2 Å². The summed E-state index contributed by atoms with van der Waals surface area (Å²) in [6.07, 6.45) is -2.47. The molecule has 8 heteroatoms. The van der Waals surface area contributed by atoms with Crippen LogP contribution >= 0.6 is 0 Å². The van der Waals surface area contributed by atoms with Crippen LogP contribution < -0.4 is 15.8 Å². The first-order valence-electron chi connectivity index (χ1n) is 6.94. The number of alkyl halides is 3. The second-order valence-corrected chi connectivity index (χ2v) is 5.18. The van der Waals surface area contributed by atoms with E-state index in [2.05, 4.69) is 15.0 Å². The Morgan fingerprint density at radius 2 is 2.18 bits per heavy atom. The molecule has 1 aliphatic carbocycles. The molecule has 4 N–H and O–H groups in total. The van der Waals surface area contributed by atoms with E-state index < -0.39 is 6.36 Å². The maximum absolute atomic E-state index is 12.2. The van der Waals surface area contributed by atoms with E-state index in [0.717, 1.165) is 19.3 Å². The van der Waals surface area contributed by atoms with Crippen molar-refractivity contribution < 1.29 is 23.0 Å². The summed E-state index contributed by atoms with van der Waals surface area (Å²) in [5.74, 6) is -0.167. The molecule has 0 radical (unpaired) electrons. The van der Waals surface area contributed by atoms with Crippen LogP contribution in [-0.2, 0) is 0 Å². The maximum atomic E-state index is 12.2. The van der Waals surface area contributed by atoms with Gasteiger partial charge in [-0.1, -0.05) is 12.5 Å². The second-order valence-electron chi connectivity index (χ2n) is 5.18. The first-order chi connectivity index (χ1) is 10.3. The standard InChI is InChI=1S/C14H18F3N3O2/c15-14(16,17)22-11-5-2-4-10(7-11)20-13(18)19-8-9-3-1-6-12(9)21/h2,4-5,7,9,12,21H,1,3,6,8H2,(H3,18,19,20). The molecule has 0 bridgehead atoms. The molecule has 1 fully saturated rings. The van der Waals surface area contributed by atoms with Gasteiger partial charge < -0.3 is 20.9 Å². The molecule has 2 rings (SSSR count). The Morgan fingerprint density at radius 3 is 2.82 bits per heavy atom. The molecule has 0 aromatic heterocycles. The summed E-state index contributed by atoms with van der Waals surface area (Å²) in [4.78, 5) is 4.12. The zero-order valence-corrected chi connectivity index (χ0v) is 11.8. The molecular weight excluding hydrogens is 299 g/mol. The van der Waals surface area contributed by atoms with E-state index in [-0.39, 0.29) is 23.7 Å². The van der Waals surface area contributed by atoms with E-state index in [9.17, 15) is 18.3 Å². The molecule has 22 heavy (non-hydrogen) atoms. The first kappa shape index (κ1) is 16.4. The Balaban J connectivity index is 1.93. The van der Waals surface area contributed by atoms with Crippen molar-refractivity contribution in [2.75, 3.05) is 11.9 Å². The predicted octanol–water partition coefficient (Wildman–Crippen LogP) is 2.47. The summed E-state index contributed by atoms with van der Waals surface area (Å²) >= 11 is 0. The van der Waals surface area contributed by atoms with Gasteiger partial charge in [0, 0.05) is 24.2 Å². The van der Waals surface area contributed by atoms with E-state index >= 15 is 0 Å². The molecule has 122 valence electrons. The van der Waals surface area contributed by atoms with Gasteiger partial charge in [-0.3, -0.25) is 4.99 Å². The van der Waals surface area contributed by atoms with Gasteiger partial charge in [-0.15, -0.1) is 13.2 Å². The maximum Gasteiger partial charge on any atom is 0.573 e. The van der Waals surface area contributed by atoms with Crippen LogP contribution in [0.25, 0.3) is 0 Å². The van der Waals surface area contributed by atoms with Crippen LogP contribution in [0.3, 0.4) is 0 Å². The molecule has 1 saturated carbocycles. The van der Waals surface area contributed by atoms with Gasteiger partial charge in [-0.2, -0.15) is 0 Å². The third-order valence-corrected chi connectivity index (χ3v) is 3.46. The summed E-state index contributed by atoms with van der Waals surface area (Å²) in [7, 11) is 0. The lowest BCUT2D eigenvalue weighted by atomic mass is 10.1. The number of ether oxygens (including phenoxy) is 1. The number of hydrogen-bond donors (Lipinski definition) is 3. The number of guanidine groups is 1. The number of nitrogens with zero attached hydrogens (tertiary/aromatic N) is 1. The van der Waals surface area contributed by atoms with E-state index in [1.54, 1.807) is 6.07 Å². The fourth-order valence-electron chi connectivity index (χ4n) is 2.40. The minimum absolute atomic E-state index is 0.0836. The average Bonchev–Trinajstić information content (AvgIpc) is 2.80. The molecule has 1 aliphatic rings. The zero-order valence-electron chi connectivity index (χ0n) is 11.8. The van der Waals surface area contributed by atoms with Crippen LogP contribution in [0.1, 0.15) is 19.3 Å². The van der Waals surface area contributed by atoms with Crippen molar-refractivity contribution >= 4 is 11.6 Å². The minimum atomic E-state index is -4.74. The van der Waals surface area contributed by atoms with Gasteiger partial charge in [0.1, 0.15) is 5.75 Å². The highest BCUT2D eigenvalue weighted by Crippen LogP contribution is 2.26. The molecule has 0 saturated heterocycles. The van der Waals surface area contributed by atoms with Crippen LogP contribution in [-0.4, -0.2) is 30.1 Å². The van der Waals surface area contributed by atoms with Crippen molar-refractivity contribution in [2.45, 2.75) is 31.7 Å². The lowest BCUT2D eigenvalue weighted by Gasteiger charge is -2.13. The van der Waals surface area contributed by atoms with E-state index in [4.69, 9.17) is 5.73 Å². The quantitative estimate of drug-likeness (QED) is 0.589. The first-order valence-corrected chi connectivity index (χ1v) is 6.94. The lowest BCUT2D eigenvalue weighted by Crippen LogP contribution is -2.25. The molecule has 0 amide bonds. The number of nitrogens with two attached hydrogens (primary N) is 1. The van der Waals surface area contributed by atoms with E-state index in [1.807, 2.05) is 0 Å². The summed E-state index contributed by atoms with van der Waals surface area (Å²) in [5.41, 5.74) is 6.04. The van der Waals surface area contributed by atoms with Gasteiger partial charge in [0.15, 0.2) is 5.96 Å². The number of nitrogens with one attached hydrogen (secondary N) is 1. The Labute approximate surface area is 126 Å². The van der Waals surface area contributed by atoms with Gasteiger partial charge in [0.2, 0.25) is 0 Å². The van der Waals surface area contributed by atoms with Crippen molar-refractivity contribution in [2.24, 2.45) is 16.6 Å². The number of aliphatic hydroxyl groups is 1. The monoisotopic (exact) mass is 317 g/mol. The summed E-state index contributed by atoms with van der Waals surface area (Å²) < 4.78 is 40.3. The molecular formula is C14H18F3N3O2. The van der Waals surface area contributed by atoms with E-state index in [0.29, 0.717) is 12.2 Å². The van der Waals surface area contributed by atoms with Gasteiger partial charge >= 0.3 is 6.36 Å². The topological polar surface area (TPSA) is 79.9 Å². The van der Waals surface area contributed by atoms with Crippen molar-refractivity contribution in [3.8, 4) is 5.75 Å². The SMILES string of the molecule is NC(=NCC1CCCC1O)Nc1cccc(OC(F)(F)F)c1. The third-order valence-electron chi connectivity index (χ3n) is 3.46. The van der Waals surface area contributed by atoms with Crippen LogP contribution in [0, 0.1) is 5.92 Å². The highest BCUT2D eigenvalue weighted by molar-refractivity contribution is 5.92. The van der Waals surface area contributed by atoms with Crippen molar-refractivity contribution in [1.82, 2.24) is 0 Å². The normalized spacial score (nSPS) is 22.6. The molecule has 0 spiro atoms. The van der Waals surface area contributed by atoms with Gasteiger partial charge in [-0.25, -0.2) is 0 Å². The largest absolute Gasteiger partial charge is 0.573 e. The van der Waals surface area contributed by atoms with Crippen molar-refractivity contribution in [1.29, 1.82) is 0 Å². The number of aliphatic imine (C=N–C) groups is 1. The molecule has 5 nitrogen and oxygen atoms in total. The second kappa shape index (κ2) is 6.87. The van der Waals surface area contributed by atoms with Crippen molar-refractivity contribution in [3.05, 3.63) is 24.3 Å². The molecule has 2 atom stereocenters. The average molecular weight is 317 g/mol. The lowest BCUT2D eigenvalue weighted by molar-refractivity contribution is -0.274. The summed E-state index contributed by atoms with van der Waals surface area (Å²) in [5, 5.41) is 12.4. The smallest absolute Gasteiger partial charge is 0.406 e. The minimum Gasteiger partial charge on any atom is -0.406 e. The Hall–Kier alpha value is -1.96. The van der Waals surface area contributed by atoms with Gasteiger partial charge in [0.05, 0.1) is 6.10 Å². The Kier molecular flexibility index (Phi) is 5.12. The van der Waals surface area contributed by atoms with Crippen molar-refractivity contribution in [3.63, 3.8) is 0 Å². The number of benzene rings is 1. The predicted molar refractivity (Wildman–Crippen MR) is 76.6 cm³/mol. The van der Waals surface area contributed by atoms with Crippen LogP contribution in [0.15, 0.2) is 29.3 Å². The fourth-order valence-corrected chi connectivity index (χ4v) is 2.40. The summed E-state index contributed by atoms with van der Waals surface area (Å²) in [6, 6.07) is 5.34. The number of anilines is 1. The third kappa shape index (κ3) is 5.10. The zero-order chi connectivity index (χ0) is 16.2. The summed E-state index contributed by atoms with van der Waals surface area (Å²) in [6.45, 7) is 0.388. The van der Waals surface area contributed by atoms with Gasteiger partial charge in [-0.05, 0) is 25.0 Å². The molecule has 0 aliphatic heterocycles. The fraction of sp³-hybridized carbons (Fsp3) is 0.500. The number of halogens is 3. The highest BCUT2D eigenvalue weighted by Gasteiger charge is 2.31. The highest BCUT2D eigenvalue weighted by atomic mass is 19.4. The van der Waals surface area contributed by atoms with Gasteiger partial charge in [0.25, 0.3) is 0 Å². The van der Waals surface area contributed by atoms with Crippen LogP contribution in [0.4, 0.5) is 18.9 Å². The molecule has 0 heterocycles. The molecule has 1 aromatic rings. The Bertz CT molecular complexity index is 534. The number of aliphatic hydroxyl groups excluding tert-OH is 1. The molecule has 1 aromatic carbocycles. The number of rotatable bonds is 4. The molecule has 2 unspecified atom stereocenters. The van der Waals surface area contributed by atoms with Crippen LogP contribution in [0.2, 0.25) is 0 Å². The van der Waals surface area contributed by atoms with Crippen LogP contribution in [0.5, 0.6) is 5.75 Å².